The molecule has 1 nitrogen and oxygen atoms in total. The Kier molecular flexibility index (Phi) is 3.53. The Morgan fingerprint density at radius 2 is 1.21 bits per heavy atom. The molecule has 2 aromatic rings. The van der Waals surface area contributed by atoms with Crippen LogP contribution in [-0.4, -0.2) is 5.11 Å². The van der Waals surface area contributed by atoms with Gasteiger partial charge in [0.05, 0.1) is 17.7 Å². The highest BCUT2D eigenvalue weighted by Crippen LogP contribution is 2.32. The molecular formula is C13H7F5O. The maximum absolute atomic E-state index is 13.7. The van der Waals surface area contributed by atoms with E-state index < -0.39 is 46.8 Å². The van der Waals surface area contributed by atoms with Crippen LogP contribution in [0.5, 0.6) is 0 Å². The molecule has 0 aromatic heterocycles. The van der Waals surface area contributed by atoms with Crippen LogP contribution in [0.25, 0.3) is 11.1 Å². The Morgan fingerprint density at radius 1 is 0.737 bits per heavy atom. The first-order chi connectivity index (χ1) is 8.97. The van der Waals surface area contributed by atoms with Crippen LogP contribution >= 0.6 is 0 Å². The van der Waals surface area contributed by atoms with Crippen molar-refractivity contribution in [1.29, 1.82) is 0 Å². The summed E-state index contributed by atoms with van der Waals surface area (Å²) in [6.07, 6.45) is 0. The first-order valence-corrected chi connectivity index (χ1v) is 5.19. The quantitative estimate of drug-likeness (QED) is 0.656. The third-order valence-electron chi connectivity index (χ3n) is 2.65. The first-order valence-electron chi connectivity index (χ1n) is 5.19. The Labute approximate surface area is 104 Å². The fraction of sp³-hybridized carbons (Fsp3) is 0.0769. The van der Waals surface area contributed by atoms with E-state index in [4.69, 9.17) is 5.11 Å². The zero-order chi connectivity index (χ0) is 14.2. The van der Waals surface area contributed by atoms with E-state index in [0.29, 0.717) is 0 Å². The molecule has 0 heterocycles. The molecule has 0 aliphatic heterocycles. The van der Waals surface area contributed by atoms with Crippen molar-refractivity contribution in [2.24, 2.45) is 0 Å². The lowest BCUT2D eigenvalue weighted by Gasteiger charge is -2.10. The maximum Gasteiger partial charge on any atom is 0.170 e. The van der Waals surface area contributed by atoms with E-state index in [0.717, 1.165) is 24.3 Å². The minimum Gasteiger partial charge on any atom is -0.391 e. The minimum absolute atomic E-state index is 0.210. The summed E-state index contributed by atoms with van der Waals surface area (Å²) < 4.78 is 67.0. The van der Waals surface area contributed by atoms with E-state index in [-0.39, 0.29) is 5.56 Å². The zero-order valence-corrected chi connectivity index (χ0v) is 9.35. The van der Waals surface area contributed by atoms with Gasteiger partial charge < -0.3 is 5.11 Å². The summed E-state index contributed by atoms with van der Waals surface area (Å²) in [5.41, 5.74) is -2.23. The Bertz CT molecular complexity index is 593. The lowest BCUT2D eigenvalue weighted by molar-refractivity contribution is 0.263. The number of hydrogen-bond donors (Lipinski definition) is 1. The summed E-state index contributed by atoms with van der Waals surface area (Å²) in [6, 6.07) is 3.80. The van der Waals surface area contributed by atoms with Crippen molar-refractivity contribution in [3.05, 3.63) is 58.9 Å². The Hall–Kier alpha value is -1.95. The number of rotatable bonds is 2. The topological polar surface area (TPSA) is 20.2 Å². The smallest absolute Gasteiger partial charge is 0.170 e. The van der Waals surface area contributed by atoms with Gasteiger partial charge in [-0.05, 0) is 17.7 Å². The number of aliphatic hydroxyl groups excluding tert-OH is 1. The molecule has 2 aromatic carbocycles. The summed E-state index contributed by atoms with van der Waals surface area (Å²) in [7, 11) is 0. The van der Waals surface area contributed by atoms with Gasteiger partial charge in [-0.3, -0.25) is 0 Å². The summed E-state index contributed by atoms with van der Waals surface area (Å²) in [5, 5.41) is 8.68. The molecule has 0 saturated carbocycles. The third kappa shape index (κ3) is 2.19. The normalized spacial score (nSPS) is 10.8. The predicted octanol–water partition coefficient (Wildman–Crippen LogP) is 3.54. The Morgan fingerprint density at radius 3 is 1.63 bits per heavy atom. The molecule has 0 aliphatic rings. The first kappa shape index (κ1) is 13.5. The van der Waals surface area contributed by atoms with Gasteiger partial charge in [-0.2, -0.15) is 0 Å². The fourth-order valence-corrected chi connectivity index (χ4v) is 1.69. The minimum atomic E-state index is -1.67. The summed E-state index contributed by atoms with van der Waals surface area (Å²) >= 11 is 0. The molecule has 100 valence electrons. The monoisotopic (exact) mass is 274 g/mol. The van der Waals surface area contributed by atoms with Gasteiger partial charge in [0, 0.05) is 0 Å². The van der Waals surface area contributed by atoms with Crippen molar-refractivity contribution >= 4 is 0 Å². The van der Waals surface area contributed by atoms with Gasteiger partial charge >= 0.3 is 0 Å². The maximum atomic E-state index is 13.7. The average Bonchev–Trinajstić information content (AvgIpc) is 2.40. The zero-order valence-electron chi connectivity index (χ0n) is 9.35. The van der Waals surface area contributed by atoms with Crippen molar-refractivity contribution < 1.29 is 27.1 Å². The van der Waals surface area contributed by atoms with Crippen LogP contribution in [0.15, 0.2) is 24.3 Å². The summed E-state index contributed by atoms with van der Waals surface area (Å²) in [4.78, 5) is 0. The molecule has 0 aliphatic carbocycles. The van der Waals surface area contributed by atoms with E-state index in [9.17, 15) is 22.0 Å². The van der Waals surface area contributed by atoms with Crippen molar-refractivity contribution in [2.75, 3.05) is 0 Å². The van der Waals surface area contributed by atoms with E-state index >= 15 is 0 Å². The van der Waals surface area contributed by atoms with Crippen LogP contribution in [-0.2, 0) is 6.61 Å². The van der Waals surface area contributed by atoms with Gasteiger partial charge in [-0.15, -0.1) is 0 Å². The van der Waals surface area contributed by atoms with Gasteiger partial charge in [0.15, 0.2) is 23.3 Å². The third-order valence-corrected chi connectivity index (χ3v) is 2.65. The van der Waals surface area contributed by atoms with Gasteiger partial charge in [0.1, 0.15) is 5.82 Å². The molecule has 0 unspecified atom stereocenters. The second-order valence-electron chi connectivity index (χ2n) is 3.77. The number of halogens is 5. The van der Waals surface area contributed by atoms with E-state index in [1.54, 1.807) is 0 Å². The highest BCUT2D eigenvalue weighted by molar-refractivity contribution is 5.65. The molecule has 1 N–H and O–H groups in total. The van der Waals surface area contributed by atoms with Crippen LogP contribution in [0.1, 0.15) is 5.56 Å². The highest BCUT2D eigenvalue weighted by atomic mass is 19.2. The van der Waals surface area contributed by atoms with E-state index in [1.165, 1.54) is 0 Å². The van der Waals surface area contributed by atoms with Gasteiger partial charge in [-0.25, -0.2) is 22.0 Å². The molecule has 0 amide bonds. The molecule has 19 heavy (non-hydrogen) atoms. The largest absolute Gasteiger partial charge is 0.391 e. The van der Waals surface area contributed by atoms with Crippen molar-refractivity contribution in [3.8, 4) is 11.1 Å². The lowest BCUT2D eigenvalue weighted by atomic mass is 10.0. The standard InChI is InChI=1S/C13H7F5O/c14-7-3-1-6(2-4-7)9-12(17)10(15)8(5-19)11(16)13(9)18/h1-4,19H,5H2. The molecule has 0 atom stereocenters. The second kappa shape index (κ2) is 4.97. The molecule has 2 rings (SSSR count). The molecule has 0 spiro atoms. The molecule has 0 radical (unpaired) electrons. The number of benzene rings is 2. The summed E-state index contributed by atoms with van der Waals surface area (Å²) in [5.74, 6) is -7.25. The number of aliphatic hydroxyl groups is 1. The molecular weight excluding hydrogens is 267 g/mol. The molecule has 0 fully saturated rings. The van der Waals surface area contributed by atoms with Crippen LogP contribution < -0.4 is 0 Å². The highest BCUT2D eigenvalue weighted by Gasteiger charge is 2.25. The van der Waals surface area contributed by atoms with Crippen molar-refractivity contribution in [3.63, 3.8) is 0 Å². The van der Waals surface area contributed by atoms with Crippen LogP contribution in [0, 0.1) is 29.1 Å². The SMILES string of the molecule is OCc1c(F)c(F)c(-c2ccc(F)cc2)c(F)c1F. The van der Waals surface area contributed by atoms with E-state index in [2.05, 4.69) is 0 Å². The van der Waals surface area contributed by atoms with Gasteiger partial charge in [-0.1, -0.05) is 12.1 Å². The van der Waals surface area contributed by atoms with Crippen molar-refractivity contribution in [1.82, 2.24) is 0 Å². The molecule has 0 saturated heterocycles. The number of hydrogen-bond acceptors (Lipinski definition) is 1. The average molecular weight is 274 g/mol. The fourth-order valence-electron chi connectivity index (χ4n) is 1.69. The van der Waals surface area contributed by atoms with E-state index in [1.807, 2.05) is 0 Å². The van der Waals surface area contributed by atoms with Crippen LogP contribution in [0.2, 0.25) is 0 Å². The van der Waals surface area contributed by atoms with Gasteiger partial charge in [0.2, 0.25) is 0 Å². The predicted molar refractivity (Wildman–Crippen MR) is 57.6 cm³/mol. The van der Waals surface area contributed by atoms with Crippen LogP contribution in [0.4, 0.5) is 22.0 Å². The Balaban J connectivity index is 2.74. The molecule has 6 heteroatoms. The summed E-state index contributed by atoms with van der Waals surface area (Å²) in [6.45, 7) is -1.17. The van der Waals surface area contributed by atoms with Crippen LogP contribution in [0.3, 0.4) is 0 Å². The molecule has 0 bridgehead atoms. The van der Waals surface area contributed by atoms with Crippen molar-refractivity contribution in [2.45, 2.75) is 6.61 Å². The lowest BCUT2D eigenvalue weighted by Crippen LogP contribution is -2.06. The second-order valence-corrected chi connectivity index (χ2v) is 3.77. The van der Waals surface area contributed by atoms with Gasteiger partial charge in [0.25, 0.3) is 0 Å².